The zero-order valence-corrected chi connectivity index (χ0v) is 33.6. The fraction of sp³-hybridized carbons (Fsp3) is 0.333. The zero-order chi connectivity index (χ0) is 36.2. The number of nitrogens with zero attached hydrogens (tertiary/aromatic N) is 2. The lowest BCUT2D eigenvalue weighted by Gasteiger charge is -2.53. The van der Waals surface area contributed by atoms with Crippen LogP contribution in [0.15, 0.2) is 127 Å². The van der Waals surface area contributed by atoms with Crippen molar-refractivity contribution in [3.8, 4) is 0 Å². The molecule has 6 rings (SSSR count). The number of thiazole rings is 1. The topological polar surface area (TPSA) is 63.7 Å². The zero-order valence-electron chi connectivity index (χ0n) is 30.8. The Hall–Kier alpha value is -3.87. The van der Waals surface area contributed by atoms with Crippen molar-refractivity contribution in [1.29, 1.82) is 0 Å². The molecule has 1 fully saturated rings. The third-order valence-electron chi connectivity index (χ3n) is 9.78. The van der Waals surface area contributed by atoms with Gasteiger partial charge in [0.1, 0.15) is 11.9 Å². The van der Waals surface area contributed by atoms with Gasteiger partial charge < -0.3 is 19.1 Å². The summed E-state index contributed by atoms with van der Waals surface area (Å²) in [5.74, 6) is 0.115. The van der Waals surface area contributed by atoms with Crippen LogP contribution in [0.5, 0.6) is 0 Å². The van der Waals surface area contributed by atoms with Gasteiger partial charge >= 0.3 is 0 Å². The van der Waals surface area contributed by atoms with Crippen molar-refractivity contribution in [2.75, 3.05) is 18.1 Å². The molecular weight excluding hydrogens is 683 g/mol. The van der Waals surface area contributed by atoms with Crippen LogP contribution in [0.2, 0.25) is 5.04 Å². The van der Waals surface area contributed by atoms with Gasteiger partial charge in [0.15, 0.2) is 5.13 Å². The van der Waals surface area contributed by atoms with Gasteiger partial charge in [0.25, 0.3) is 23.3 Å². The van der Waals surface area contributed by atoms with E-state index in [0.29, 0.717) is 18.2 Å². The van der Waals surface area contributed by atoms with Crippen LogP contribution in [0, 0.1) is 11.3 Å². The summed E-state index contributed by atoms with van der Waals surface area (Å²) in [6.45, 7) is 16.8. The number of hydrogen-bond acceptors (Lipinski definition) is 6. The third kappa shape index (κ3) is 7.98. The van der Waals surface area contributed by atoms with Crippen molar-refractivity contribution in [2.24, 2.45) is 11.3 Å². The monoisotopic (exact) mass is 732 g/mol. The van der Waals surface area contributed by atoms with Crippen molar-refractivity contribution in [2.45, 2.75) is 65.8 Å². The SMILES string of the molecule is C[C@@H](CO[Si](c1ccccc1)(c1ccccc1)C(C)(C)C)NC(=O)c1csc(N2CC(C(C)(C)C)C2O[Si](c2ccccc2)c2ccccc2)n1. The third-order valence-corrected chi connectivity index (χ3v) is 17.9. The maximum Gasteiger partial charge on any atom is 0.285 e. The Labute approximate surface area is 310 Å². The van der Waals surface area contributed by atoms with Crippen LogP contribution >= 0.6 is 11.3 Å². The first-order chi connectivity index (χ1) is 24.4. The molecule has 0 bridgehead atoms. The lowest BCUT2D eigenvalue weighted by Crippen LogP contribution is -2.67. The minimum Gasteiger partial charge on any atom is -0.405 e. The van der Waals surface area contributed by atoms with Crippen LogP contribution in [0.3, 0.4) is 0 Å². The average molecular weight is 733 g/mol. The summed E-state index contributed by atoms with van der Waals surface area (Å²) in [6, 6.07) is 42.0. The molecule has 1 radical (unpaired) electrons. The highest BCUT2D eigenvalue weighted by Crippen LogP contribution is 2.43. The molecule has 4 aromatic carbocycles. The summed E-state index contributed by atoms with van der Waals surface area (Å²) < 4.78 is 14.2. The molecule has 2 heterocycles. The second-order valence-electron chi connectivity index (χ2n) is 15.6. The van der Waals surface area contributed by atoms with Gasteiger partial charge in [0.05, 0.1) is 6.61 Å². The van der Waals surface area contributed by atoms with E-state index in [1.54, 1.807) is 0 Å². The number of carbonyl (C=O) groups excluding carboxylic acids is 1. The van der Waals surface area contributed by atoms with Crippen LogP contribution in [0.25, 0.3) is 0 Å². The molecule has 9 heteroatoms. The second-order valence-corrected chi connectivity index (χ2v) is 22.7. The smallest absolute Gasteiger partial charge is 0.285 e. The summed E-state index contributed by atoms with van der Waals surface area (Å²) in [5, 5.41) is 10.6. The Balaban J connectivity index is 1.18. The summed E-state index contributed by atoms with van der Waals surface area (Å²) in [7, 11) is -4.27. The molecule has 1 saturated heterocycles. The first-order valence-corrected chi connectivity index (χ1v) is 22.0. The van der Waals surface area contributed by atoms with Crippen molar-refractivity contribution in [1.82, 2.24) is 10.3 Å². The van der Waals surface area contributed by atoms with Gasteiger partial charge in [-0.15, -0.1) is 11.3 Å². The molecular formula is C42H50N3O3SSi2. The molecule has 51 heavy (non-hydrogen) atoms. The normalized spacial score (nSPS) is 17.2. The van der Waals surface area contributed by atoms with Crippen LogP contribution in [-0.4, -0.2) is 53.7 Å². The number of nitrogens with one attached hydrogen (secondary N) is 1. The molecule has 1 N–H and O–H groups in total. The standard InChI is InChI=1S/C42H50N3O3SSi2/c1-31(29-47-51(42(5,6)7,34-24-16-10-17-25-34)35-26-18-11-19-27-35)43-38(46)37-30-49-40(44-37)45-28-36(41(2,3)4)39(45)48-50(32-20-12-8-13-21-32)33-22-14-9-15-23-33/h8-27,30-31,36,39H,28-29H2,1-7H3,(H,43,46)/t31-,36?,39?/m0/s1. The summed E-state index contributed by atoms with van der Waals surface area (Å²) in [6.07, 6.45) is -0.153. The first kappa shape index (κ1) is 36.9. The highest BCUT2D eigenvalue weighted by Gasteiger charge is 2.51. The molecule has 0 aliphatic carbocycles. The molecule has 3 atom stereocenters. The van der Waals surface area contributed by atoms with E-state index in [9.17, 15) is 4.79 Å². The fourth-order valence-electron chi connectivity index (χ4n) is 6.97. The van der Waals surface area contributed by atoms with Crippen molar-refractivity contribution in [3.63, 3.8) is 0 Å². The van der Waals surface area contributed by atoms with Crippen LogP contribution in [-0.2, 0) is 8.85 Å². The summed E-state index contributed by atoms with van der Waals surface area (Å²) in [4.78, 5) is 20.8. The van der Waals surface area contributed by atoms with E-state index in [-0.39, 0.29) is 28.6 Å². The largest absolute Gasteiger partial charge is 0.405 e. The predicted octanol–water partition coefficient (Wildman–Crippen LogP) is 6.47. The van der Waals surface area contributed by atoms with Gasteiger partial charge in [-0.05, 0) is 38.1 Å². The van der Waals surface area contributed by atoms with Gasteiger partial charge in [-0.2, -0.15) is 0 Å². The highest BCUT2D eigenvalue weighted by atomic mass is 32.1. The summed E-state index contributed by atoms with van der Waals surface area (Å²) >= 11 is 1.50. The number of benzene rings is 4. The summed E-state index contributed by atoms with van der Waals surface area (Å²) in [5.41, 5.74) is 0.460. The number of amides is 1. The van der Waals surface area contributed by atoms with Gasteiger partial charge in [-0.3, -0.25) is 4.79 Å². The lowest BCUT2D eigenvalue weighted by atomic mass is 9.74. The molecule has 0 spiro atoms. The maximum absolute atomic E-state index is 13.7. The molecule has 1 amide bonds. The number of aromatic nitrogens is 1. The number of anilines is 1. The Morgan fingerprint density at radius 3 is 1.80 bits per heavy atom. The quantitative estimate of drug-likeness (QED) is 0.149. The predicted molar refractivity (Wildman–Crippen MR) is 216 cm³/mol. The minimum atomic E-state index is -2.73. The number of carbonyl (C=O) groups is 1. The van der Waals surface area contributed by atoms with Crippen molar-refractivity contribution >= 4 is 60.5 Å². The number of rotatable bonds is 12. The molecule has 2 unspecified atom stereocenters. The van der Waals surface area contributed by atoms with E-state index < -0.39 is 17.4 Å². The van der Waals surface area contributed by atoms with Crippen molar-refractivity contribution in [3.05, 3.63) is 132 Å². The minimum absolute atomic E-state index is 0.0412. The van der Waals surface area contributed by atoms with E-state index in [2.05, 4.69) is 149 Å². The van der Waals surface area contributed by atoms with Gasteiger partial charge in [-0.1, -0.05) is 163 Å². The lowest BCUT2D eigenvalue weighted by molar-refractivity contribution is 0.00494. The van der Waals surface area contributed by atoms with E-state index in [0.717, 1.165) is 11.7 Å². The second kappa shape index (κ2) is 15.4. The molecule has 265 valence electrons. The van der Waals surface area contributed by atoms with E-state index in [1.807, 2.05) is 36.6 Å². The fourth-order valence-corrected chi connectivity index (χ4v) is 14.6. The van der Waals surface area contributed by atoms with E-state index in [4.69, 9.17) is 13.8 Å². The van der Waals surface area contributed by atoms with Crippen LogP contribution in [0.1, 0.15) is 59.0 Å². The molecule has 1 aliphatic rings. The number of hydrogen-bond donors (Lipinski definition) is 1. The van der Waals surface area contributed by atoms with E-state index in [1.165, 1.54) is 32.1 Å². The van der Waals surface area contributed by atoms with Crippen LogP contribution in [0.4, 0.5) is 5.13 Å². The first-order valence-electron chi connectivity index (χ1n) is 17.8. The molecule has 6 nitrogen and oxygen atoms in total. The van der Waals surface area contributed by atoms with Gasteiger partial charge in [0.2, 0.25) is 0 Å². The highest BCUT2D eigenvalue weighted by molar-refractivity contribution is 7.14. The van der Waals surface area contributed by atoms with Gasteiger partial charge in [-0.25, -0.2) is 4.98 Å². The maximum atomic E-state index is 13.7. The van der Waals surface area contributed by atoms with E-state index >= 15 is 0 Å². The van der Waals surface area contributed by atoms with Crippen LogP contribution < -0.4 is 31.0 Å². The Bertz CT molecular complexity index is 1780. The van der Waals surface area contributed by atoms with Crippen molar-refractivity contribution < 1.29 is 13.6 Å². The molecule has 5 aromatic rings. The average Bonchev–Trinajstić information content (AvgIpc) is 3.59. The Kier molecular flexibility index (Phi) is 11.1. The molecule has 1 aliphatic heterocycles. The molecule has 0 saturated carbocycles. The van der Waals surface area contributed by atoms with Gasteiger partial charge in [0, 0.05) is 23.9 Å². The molecule has 1 aromatic heterocycles. The Morgan fingerprint density at radius 1 is 0.843 bits per heavy atom. The Morgan fingerprint density at radius 2 is 1.33 bits per heavy atom.